The van der Waals surface area contributed by atoms with Crippen molar-refractivity contribution >= 4 is 34.7 Å². The minimum absolute atomic E-state index is 0.0720. The second-order valence-corrected chi connectivity index (χ2v) is 7.78. The summed E-state index contributed by atoms with van der Waals surface area (Å²) in [4.78, 5) is 18.1. The number of benzene rings is 3. The van der Waals surface area contributed by atoms with Gasteiger partial charge in [-0.15, -0.1) is 0 Å². The van der Waals surface area contributed by atoms with E-state index >= 15 is 0 Å². The third-order valence-corrected chi connectivity index (χ3v) is 5.22. The van der Waals surface area contributed by atoms with E-state index in [0.717, 1.165) is 22.4 Å². The lowest BCUT2D eigenvalue weighted by atomic mass is 10.1. The fourth-order valence-electron chi connectivity index (χ4n) is 3.51. The first-order valence-corrected chi connectivity index (χ1v) is 10.2. The van der Waals surface area contributed by atoms with E-state index in [2.05, 4.69) is 9.72 Å². The Morgan fingerprint density at radius 2 is 1.75 bits per heavy atom. The van der Waals surface area contributed by atoms with Gasteiger partial charge in [-0.3, -0.25) is 9.36 Å². The van der Waals surface area contributed by atoms with Gasteiger partial charge in [0.25, 0.3) is 5.56 Å². The van der Waals surface area contributed by atoms with Gasteiger partial charge in [-0.25, -0.2) is 4.98 Å². The van der Waals surface area contributed by atoms with Crippen molar-refractivity contribution in [2.24, 2.45) is 0 Å². The maximum atomic E-state index is 13.4. The van der Waals surface area contributed by atoms with Gasteiger partial charge in [0.2, 0.25) is 0 Å². The number of alkyl halides is 2. The highest BCUT2D eigenvalue weighted by Crippen LogP contribution is 2.22. The standard InChI is InChI=1S/C25H19ClF2N2O2/c1-15-3-11-22(16(2)13-15)30-23(29-21-14-18(26)7-10-20(21)24(30)31)12-6-17-4-8-19(9-5-17)32-25(27)28/h3-14,25H,1-2H3/b12-6+. The molecule has 0 aliphatic heterocycles. The quantitative estimate of drug-likeness (QED) is 0.350. The maximum absolute atomic E-state index is 13.4. The summed E-state index contributed by atoms with van der Waals surface area (Å²) in [5.74, 6) is 0.493. The molecule has 0 aliphatic carbocycles. The van der Waals surface area contributed by atoms with Gasteiger partial charge in [-0.2, -0.15) is 8.78 Å². The molecule has 4 rings (SSSR count). The molecule has 0 amide bonds. The van der Waals surface area contributed by atoms with Gasteiger partial charge >= 0.3 is 6.61 Å². The van der Waals surface area contributed by atoms with Crippen LogP contribution in [0.2, 0.25) is 5.02 Å². The zero-order valence-electron chi connectivity index (χ0n) is 17.4. The van der Waals surface area contributed by atoms with E-state index in [-0.39, 0.29) is 11.3 Å². The van der Waals surface area contributed by atoms with Gasteiger partial charge in [0.15, 0.2) is 0 Å². The van der Waals surface area contributed by atoms with E-state index in [0.29, 0.717) is 21.7 Å². The number of hydrogen-bond donors (Lipinski definition) is 0. The smallest absolute Gasteiger partial charge is 0.387 e. The van der Waals surface area contributed by atoms with Crippen molar-refractivity contribution in [1.82, 2.24) is 9.55 Å². The van der Waals surface area contributed by atoms with Crippen molar-refractivity contribution in [2.75, 3.05) is 0 Å². The number of hydrogen-bond acceptors (Lipinski definition) is 3. The largest absolute Gasteiger partial charge is 0.435 e. The van der Waals surface area contributed by atoms with E-state index in [9.17, 15) is 13.6 Å². The van der Waals surface area contributed by atoms with Crippen LogP contribution in [0.4, 0.5) is 8.78 Å². The van der Waals surface area contributed by atoms with Crippen LogP contribution in [0.25, 0.3) is 28.7 Å². The highest BCUT2D eigenvalue weighted by molar-refractivity contribution is 6.31. The molecule has 0 fully saturated rings. The van der Waals surface area contributed by atoms with Crippen LogP contribution in [0.3, 0.4) is 0 Å². The topological polar surface area (TPSA) is 44.1 Å². The van der Waals surface area contributed by atoms with E-state index in [1.54, 1.807) is 47.1 Å². The van der Waals surface area contributed by atoms with Crippen molar-refractivity contribution in [1.29, 1.82) is 0 Å². The first-order chi connectivity index (χ1) is 15.3. The van der Waals surface area contributed by atoms with Crippen molar-refractivity contribution in [3.05, 3.63) is 98.6 Å². The van der Waals surface area contributed by atoms with Crippen LogP contribution in [0, 0.1) is 13.8 Å². The van der Waals surface area contributed by atoms with E-state index in [1.165, 1.54) is 12.1 Å². The summed E-state index contributed by atoms with van der Waals surface area (Å²) in [5.41, 5.74) is 3.76. The van der Waals surface area contributed by atoms with Crippen LogP contribution in [0.15, 0.2) is 65.5 Å². The number of nitrogens with zero attached hydrogens (tertiary/aromatic N) is 2. The SMILES string of the molecule is Cc1ccc(-n2c(/C=C/c3ccc(OC(F)F)cc3)nc3cc(Cl)ccc3c2=O)c(C)c1. The molecule has 0 saturated heterocycles. The molecular weight excluding hydrogens is 434 g/mol. The Balaban J connectivity index is 1.85. The molecule has 162 valence electrons. The average molecular weight is 453 g/mol. The summed E-state index contributed by atoms with van der Waals surface area (Å²) < 4.78 is 30.7. The van der Waals surface area contributed by atoms with Crippen LogP contribution >= 0.6 is 11.6 Å². The second-order valence-electron chi connectivity index (χ2n) is 7.34. The highest BCUT2D eigenvalue weighted by atomic mass is 35.5. The number of rotatable bonds is 5. The van der Waals surface area contributed by atoms with Gasteiger partial charge in [0.1, 0.15) is 11.6 Å². The van der Waals surface area contributed by atoms with Crippen LogP contribution in [0.1, 0.15) is 22.5 Å². The molecule has 0 spiro atoms. The summed E-state index contributed by atoms with van der Waals surface area (Å²) in [6.07, 6.45) is 3.47. The lowest BCUT2D eigenvalue weighted by Gasteiger charge is -2.14. The average Bonchev–Trinajstić information content (AvgIpc) is 2.73. The molecule has 0 N–H and O–H groups in total. The number of aromatic nitrogens is 2. The van der Waals surface area contributed by atoms with Crippen LogP contribution in [0.5, 0.6) is 5.75 Å². The van der Waals surface area contributed by atoms with Crippen LogP contribution in [-0.4, -0.2) is 16.2 Å². The Bertz CT molecular complexity index is 1380. The second kappa shape index (κ2) is 8.93. The fraction of sp³-hybridized carbons (Fsp3) is 0.120. The Labute approximate surface area is 188 Å². The third-order valence-electron chi connectivity index (χ3n) is 4.98. The molecule has 4 aromatic rings. The van der Waals surface area contributed by atoms with Crippen LogP contribution in [-0.2, 0) is 0 Å². The van der Waals surface area contributed by atoms with Gasteiger partial charge < -0.3 is 4.74 Å². The highest BCUT2D eigenvalue weighted by Gasteiger charge is 2.13. The lowest BCUT2D eigenvalue weighted by molar-refractivity contribution is -0.0498. The lowest BCUT2D eigenvalue weighted by Crippen LogP contribution is -2.23. The van der Waals surface area contributed by atoms with E-state index in [1.807, 2.05) is 32.0 Å². The van der Waals surface area contributed by atoms with Crippen molar-refractivity contribution in [3.8, 4) is 11.4 Å². The van der Waals surface area contributed by atoms with Gasteiger partial charge in [-0.1, -0.05) is 47.5 Å². The maximum Gasteiger partial charge on any atom is 0.387 e. The molecule has 4 nitrogen and oxygen atoms in total. The minimum atomic E-state index is -2.88. The molecular formula is C25H19ClF2N2O2. The number of aryl methyl sites for hydroxylation is 2. The molecule has 0 aliphatic rings. The van der Waals surface area contributed by atoms with Gasteiger partial charge in [0.05, 0.1) is 16.6 Å². The summed E-state index contributed by atoms with van der Waals surface area (Å²) in [5, 5.41) is 0.943. The molecule has 1 aromatic heterocycles. The molecule has 3 aromatic carbocycles. The first-order valence-electron chi connectivity index (χ1n) is 9.85. The predicted molar refractivity (Wildman–Crippen MR) is 124 cm³/mol. The molecule has 1 heterocycles. The Kier molecular flexibility index (Phi) is 6.06. The monoisotopic (exact) mass is 452 g/mol. The molecule has 32 heavy (non-hydrogen) atoms. The Morgan fingerprint density at radius 1 is 1.00 bits per heavy atom. The minimum Gasteiger partial charge on any atom is -0.435 e. The predicted octanol–water partition coefficient (Wildman–Crippen LogP) is 6.43. The van der Waals surface area contributed by atoms with Crippen LogP contribution < -0.4 is 10.3 Å². The van der Waals surface area contributed by atoms with E-state index < -0.39 is 6.61 Å². The van der Waals surface area contributed by atoms with E-state index in [4.69, 9.17) is 11.6 Å². The zero-order valence-corrected chi connectivity index (χ0v) is 18.1. The molecule has 0 bridgehead atoms. The molecule has 0 unspecified atom stereocenters. The molecule has 0 saturated carbocycles. The summed E-state index contributed by atoms with van der Waals surface area (Å²) in [6, 6.07) is 17.0. The molecule has 0 atom stereocenters. The molecule has 7 heteroatoms. The van der Waals surface area contributed by atoms with Gasteiger partial charge in [0, 0.05) is 5.02 Å². The number of ether oxygens (including phenoxy) is 1. The number of fused-ring (bicyclic) bond motifs is 1. The van der Waals surface area contributed by atoms with Crippen molar-refractivity contribution in [3.63, 3.8) is 0 Å². The van der Waals surface area contributed by atoms with Crippen molar-refractivity contribution < 1.29 is 13.5 Å². The van der Waals surface area contributed by atoms with Gasteiger partial charge in [-0.05, 0) is 67.4 Å². The Hall–Kier alpha value is -3.51. The zero-order chi connectivity index (χ0) is 22.8. The normalized spacial score (nSPS) is 11.6. The summed E-state index contributed by atoms with van der Waals surface area (Å²) in [6.45, 7) is 1.05. The summed E-state index contributed by atoms with van der Waals surface area (Å²) >= 11 is 6.11. The number of halogens is 3. The first kappa shape index (κ1) is 21.7. The third kappa shape index (κ3) is 4.55. The summed E-state index contributed by atoms with van der Waals surface area (Å²) in [7, 11) is 0. The Morgan fingerprint density at radius 3 is 2.44 bits per heavy atom. The molecule has 0 radical (unpaired) electrons. The fourth-order valence-corrected chi connectivity index (χ4v) is 3.67. The van der Waals surface area contributed by atoms with Crippen molar-refractivity contribution in [2.45, 2.75) is 20.5 Å².